The van der Waals surface area contributed by atoms with Gasteiger partial charge < -0.3 is 10.1 Å². The molecule has 0 aromatic heterocycles. The highest BCUT2D eigenvalue weighted by atomic mass is 16.5. The van der Waals surface area contributed by atoms with Crippen LogP contribution in [0.2, 0.25) is 0 Å². The maximum Gasteiger partial charge on any atom is 0.126 e. The van der Waals surface area contributed by atoms with Crippen molar-refractivity contribution in [1.82, 2.24) is 5.32 Å². The molecule has 1 rings (SSSR count). The first kappa shape index (κ1) is 15.0. The third-order valence-electron chi connectivity index (χ3n) is 2.91. The second kappa shape index (κ2) is 8.15. The van der Waals surface area contributed by atoms with Gasteiger partial charge in [0.1, 0.15) is 5.75 Å². The van der Waals surface area contributed by atoms with Gasteiger partial charge in [-0.1, -0.05) is 45.4 Å². The molecule has 0 aliphatic carbocycles. The molecule has 1 aromatic carbocycles. The number of rotatable bonds is 8. The van der Waals surface area contributed by atoms with Crippen LogP contribution in [-0.2, 0) is 6.54 Å². The SMILES string of the molecule is CCCCOc1c(C)cccc1CNCC(C)C. The van der Waals surface area contributed by atoms with E-state index in [0.717, 1.165) is 31.9 Å². The van der Waals surface area contributed by atoms with Crippen LogP contribution >= 0.6 is 0 Å². The summed E-state index contributed by atoms with van der Waals surface area (Å²) in [5, 5.41) is 3.48. The fourth-order valence-corrected chi connectivity index (χ4v) is 1.87. The van der Waals surface area contributed by atoms with E-state index in [1.54, 1.807) is 0 Å². The highest BCUT2D eigenvalue weighted by molar-refractivity contribution is 5.40. The second-order valence-corrected chi connectivity index (χ2v) is 5.29. The fourth-order valence-electron chi connectivity index (χ4n) is 1.87. The van der Waals surface area contributed by atoms with Crippen molar-refractivity contribution in [3.8, 4) is 5.75 Å². The Morgan fingerprint density at radius 2 is 2.06 bits per heavy atom. The Labute approximate surface area is 112 Å². The molecule has 2 nitrogen and oxygen atoms in total. The van der Waals surface area contributed by atoms with Crippen molar-refractivity contribution in [3.05, 3.63) is 29.3 Å². The van der Waals surface area contributed by atoms with Gasteiger partial charge in [0.05, 0.1) is 6.61 Å². The first-order valence-electron chi connectivity index (χ1n) is 7.07. The molecule has 18 heavy (non-hydrogen) atoms. The number of ether oxygens (including phenoxy) is 1. The van der Waals surface area contributed by atoms with Gasteiger partial charge in [0.2, 0.25) is 0 Å². The Kier molecular flexibility index (Phi) is 6.81. The Bertz CT molecular complexity index is 347. The molecule has 0 bridgehead atoms. The maximum atomic E-state index is 5.93. The Morgan fingerprint density at radius 3 is 2.72 bits per heavy atom. The molecular weight excluding hydrogens is 222 g/mol. The van der Waals surface area contributed by atoms with Crippen LogP contribution in [0.4, 0.5) is 0 Å². The standard InChI is InChI=1S/C16H27NO/c1-5-6-10-18-16-14(4)8-7-9-15(16)12-17-11-13(2)3/h7-9,13,17H,5-6,10-12H2,1-4H3. The minimum absolute atomic E-state index is 0.680. The summed E-state index contributed by atoms with van der Waals surface area (Å²) in [6, 6.07) is 6.38. The van der Waals surface area contributed by atoms with E-state index in [1.807, 2.05) is 0 Å². The monoisotopic (exact) mass is 249 g/mol. The zero-order valence-corrected chi connectivity index (χ0v) is 12.3. The largest absolute Gasteiger partial charge is 0.493 e. The number of benzene rings is 1. The summed E-state index contributed by atoms with van der Waals surface area (Å²) in [5.41, 5.74) is 2.50. The van der Waals surface area contributed by atoms with Gasteiger partial charge in [-0.25, -0.2) is 0 Å². The molecule has 0 heterocycles. The van der Waals surface area contributed by atoms with Gasteiger partial charge in [-0.3, -0.25) is 0 Å². The molecule has 102 valence electrons. The predicted molar refractivity (Wildman–Crippen MR) is 78.1 cm³/mol. The number of unbranched alkanes of at least 4 members (excludes halogenated alkanes) is 1. The first-order chi connectivity index (χ1) is 8.65. The van der Waals surface area contributed by atoms with E-state index in [2.05, 4.69) is 51.2 Å². The van der Waals surface area contributed by atoms with Crippen LogP contribution in [0, 0.1) is 12.8 Å². The van der Waals surface area contributed by atoms with Gasteiger partial charge >= 0.3 is 0 Å². The molecule has 2 heteroatoms. The van der Waals surface area contributed by atoms with Gasteiger partial charge in [0.25, 0.3) is 0 Å². The van der Waals surface area contributed by atoms with E-state index in [1.165, 1.54) is 17.5 Å². The van der Waals surface area contributed by atoms with E-state index >= 15 is 0 Å². The Morgan fingerprint density at radius 1 is 1.28 bits per heavy atom. The van der Waals surface area contributed by atoms with Gasteiger partial charge in [-0.05, 0) is 31.4 Å². The topological polar surface area (TPSA) is 21.3 Å². The van der Waals surface area contributed by atoms with Crippen LogP contribution in [0.25, 0.3) is 0 Å². The van der Waals surface area contributed by atoms with Gasteiger partial charge in [0, 0.05) is 12.1 Å². The molecule has 0 unspecified atom stereocenters. The minimum Gasteiger partial charge on any atom is -0.493 e. The summed E-state index contributed by atoms with van der Waals surface area (Å²) in [6.45, 7) is 11.5. The van der Waals surface area contributed by atoms with Crippen LogP contribution in [0.5, 0.6) is 5.75 Å². The highest BCUT2D eigenvalue weighted by Gasteiger charge is 2.06. The van der Waals surface area contributed by atoms with Crippen molar-refractivity contribution in [3.63, 3.8) is 0 Å². The number of aryl methyl sites for hydroxylation is 1. The molecule has 0 spiro atoms. The summed E-state index contributed by atoms with van der Waals surface area (Å²) in [4.78, 5) is 0. The average Bonchev–Trinajstić information content (AvgIpc) is 2.32. The quantitative estimate of drug-likeness (QED) is 0.705. The van der Waals surface area contributed by atoms with E-state index in [0.29, 0.717) is 5.92 Å². The van der Waals surface area contributed by atoms with Crippen molar-refractivity contribution in [1.29, 1.82) is 0 Å². The van der Waals surface area contributed by atoms with E-state index < -0.39 is 0 Å². The van der Waals surface area contributed by atoms with Gasteiger partial charge in [-0.2, -0.15) is 0 Å². The summed E-state index contributed by atoms with van der Waals surface area (Å²) in [6.07, 6.45) is 2.29. The fraction of sp³-hybridized carbons (Fsp3) is 0.625. The average molecular weight is 249 g/mol. The third kappa shape index (κ3) is 5.09. The minimum atomic E-state index is 0.680. The number of para-hydroxylation sites is 1. The van der Waals surface area contributed by atoms with Crippen LogP contribution in [0.3, 0.4) is 0 Å². The van der Waals surface area contributed by atoms with Crippen molar-refractivity contribution < 1.29 is 4.74 Å². The van der Waals surface area contributed by atoms with E-state index in [4.69, 9.17) is 4.74 Å². The number of hydrogen-bond acceptors (Lipinski definition) is 2. The van der Waals surface area contributed by atoms with E-state index in [-0.39, 0.29) is 0 Å². The lowest BCUT2D eigenvalue weighted by Crippen LogP contribution is -2.19. The number of nitrogens with one attached hydrogen (secondary N) is 1. The Balaban J connectivity index is 2.61. The van der Waals surface area contributed by atoms with Gasteiger partial charge in [-0.15, -0.1) is 0 Å². The lowest BCUT2D eigenvalue weighted by Gasteiger charge is -2.15. The molecule has 1 N–H and O–H groups in total. The summed E-state index contributed by atoms with van der Waals surface area (Å²) < 4.78 is 5.93. The molecule has 0 saturated carbocycles. The van der Waals surface area contributed by atoms with Crippen LogP contribution in [0.15, 0.2) is 18.2 Å². The molecule has 0 saturated heterocycles. The maximum absolute atomic E-state index is 5.93. The van der Waals surface area contributed by atoms with Crippen molar-refractivity contribution in [2.45, 2.75) is 47.1 Å². The van der Waals surface area contributed by atoms with Crippen LogP contribution in [-0.4, -0.2) is 13.2 Å². The van der Waals surface area contributed by atoms with Gasteiger partial charge in [0.15, 0.2) is 0 Å². The molecule has 0 radical (unpaired) electrons. The van der Waals surface area contributed by atoms with Crippen LogP contribution in [0.1, 0.15) is 44.7 Å². The molecule has 1 aromatic rings. The molecule has 0 amide bonds. The summed E-state index contributed by atoms with van der Waals surface area (Å²) in [7, 11) is 0. The molecule has 0 aliphatic heterocycles. The van der Waals surface area contributed by atoms with Crippen LogP contribution < -0.4 is 10.1 Å². The normalized spacial score (nSPS) is 10.9. The zero-order valence-electron chi connectivity index (χ0n) is 12.3. The molecule has 0 fully saturated rings. The predicted octanol–water partition coefficient (Wildman–Crippen LogP) is 3.92. The first-order valence-corrected chi connectivity index (χ1v) is 7.07. The van der Waals surface area contributed by atoms with Crippen molar-refractivity contribution in [2.75, 3.05) is 13.2 Å². The summed E-state index contributed by atoms with van der Waals surface area (Å²) in [5.74, 6) is 1.75. The third-order valence-corrected chi connectivity index (χ3v) is 2.91. The Hall–Kier alpha value is -1.02. The molecule has 0 aliphatic rings. The highest BCUT2D eigenvalue weighted by Crippen LogP contribution is 2.23. The van der Waals surface area contributed by atoms with Crippen molar-refractivity contribution >= 4 is 0 Å². The lowest BCUT2D eigenvalue weighted by atomic mass is 10.1. The zero-order chi connectivity index (χ0) is 13.4. The second-order valence-electron chi connectivity index (χ2n) is 5.29. The van der Waals surface area contributed by atoms with E-state index in [9.17, 15) is 0 Å². The van der Waals surface area contributed by atoms with Crippen molar-refractivity contribution in [2.24, 2.45) is 5.92 Å². The smallest absolute Gasteiger partial charge is 0.126 e. The molecular formula is C16H27NO. The summed E-state index contributed by atoms with van der Waals surface area (Å²) >= 11 is 0. The number of hydrogen-bond donors (Lipinski definition) is 1. The molecule has 0 atom stereocenters. The lowest BCUT2D eigenvalue weighted by molar-refractivity contribution is 0.303.